The van der Waals surface area contributed by atoms with Crippen LogP contribution in [0.2, 0.25) is 0 Å². The lowest BCUT2D eigenvalue weighted by Crippen LogP contribution is -1.96. The minimum Gasteiger partial charge on any atom is -0.346 e. The number of hydrogen-bond acceptors (Lipinski definition) is 1. The molecule has 0 saturated carbocycles. The number of nitrogens with one attached hydrogen (secondary N) is 1. The lowest BCUT2D eigenvalue weighted by atomic mass is 10.1. The first-order valence-corrected chi connectivity index (χ1v) is 5.25. The first-order valence-electron chi connectivity index (χ1n) is 5.25. The molecule has 0 aliphatic carbocycles. The zero-order chi connectivity index (χ0) is 9.68. The molecule has 0 radical (unpaired) electrons. The van der Waals surface area contributed by atoms with Gasteiger partial charge in [0.15, 0.2) is 0 Å². The quantitative estimate of drug-likeness (QED) is 0.741. The summed E-state index contributed by atoms with van der Waals surface area (Å²) in [6, 6.07) is 0. The fourth-order valence-electron chi connectivity index (χ4n) is 1.39. The molecule has 0 fully saturated rings. The van der Waals surface area contributed by atoms with Gasteiger partial charge in [0, 0.05) is 18.3 Å². The van der Waals surface area contributed by atoms with Crippen molar-refractivity contribution in [2.45, 2.75) is 46.5 Å². The predicted molar refractivity (Wildman–Crippen MR) is 55.7 cm³/mol. The van der Waals surface area contributed by atoms with Gasteiger partial charge in [-0.3, -0.25) is 0 Å². The van der Waals surface area contributed by atoms with Gasteiger partial charge in [0.2, 0.25) is 0 Å². The zero-order valence-electron chi connectivity index (χ0n) is 8.93. The normalized spacial score (nSPS) is 11.1. The number of nitrogens with zero attached hydrogens (tertiary/aromatic N) is 1. The minimum atomic E-state index is 0.685. The average molecular weight is 180 g/mol. The first kappa shape index (κ1) is 10.3. The zero-order valence-corrected chi connectivity index (χ0v) is 8.93. The van der Waals surface area contributed by atoms with Crippen molar-refractivity contribution in [1.29, 1.82) is 0 Å². The van der Waals surface area contributed by atoms with Crippen LogP contribution in [0.1, 0.15) is 45.1 Å². The number of hydrogen-bond donors (Lipinski definition) is 1. The largest absolute Gasteiger partial charge is 0.346 e. The Kier molecular flexibility index (Phi) is 4.00. The molecule has 1 heterocycles. The molecule has 0 aromatic carbocycles. The molecule has 0 aliphatic heterocycles. The summed E-state index contributed by atoms with van der Waals surface area (Å²) in [6.45, 7) is 6.65. The standard InChI is InChI=1S/C11H20N2/c1-4-5-6-10-8-12-11(13-10)7-9(2)3/h8-9H,4-7H2,1-3H3,(H,12,13). The topological polar surface area (TPSA) is 28.7 Å². The van der Waals surface area contributed by atoms with Crippen LogP contribution in [0.3, 0.4) is 0 Å². The molecular formula is C11H20N2. The Morgan fingerprint density at radius 2 is 2.23 bits per heavy atom. The third-order valence-electron chi connectivity index (χ3n) is 2.08. The summed E-state index contributed by atoms with van der Waals surface area (Å²) in [7, 11) is 0. The third-order valence-corrected chi connectivity index (χ3v) is 2.08. The number of imidazole rings is 1. The molecule has 0 spiro atoms. The van der Waals surface area contributed by atoms with Gasteiger partial charge in [-0.05, 0) is 18.8 Å². The number of H-pyrrole nitrogens is 1. The maximum Gasteiger partial charge on any atom is 0.106 e. The molecule has 0 amide bonds. The van der Waals surface area contributed by atoms with Gasteiger partial charge in [-0.2, -0.15) is 0 Å². The van der Waals surface area contributed by atoms with E-state index < -0.39 is 0 Å². The van der Waals surface area contributed by atoms with Gasteiger partial charge in [0.25, 0.3) is 0 Å². The van der Waals surface area contributed by atoms with Crippen molar-refractivity contribution in [3.63, 3.8) is 0 Å². The summed E-state index contributed by atoms with van der Waals surface area (Å²) in [5, 5.41) is 0. The molecule has 0 bridgehead atoms. The van der Waals surface area contributed by atoms with Gasteiger partial charge < -0.3 is 4.98 Å². The van der Waals surface area contributed by atoms with E-state index in [1.54, 1.807) is 0 Å². The van der Waals surface area contributed by atoms with Crippen molar-refractivity contribution in [1.82, 2.24) is 9.97 Å². The Morgan fingerprint density at radius 3 is 2.85 bits per heavy atom. The first-order chi connectivity index (χ1) is 6.22. The Labute approximate surface area is 80.8 Å². The van der Waals surface area contributed by atoms with Crippen molar-refractivity contribution in [3.05, 3.63) is 17.7 Å². The van der Waals surface area contributed by atoms with Crippen LogP contribution in [0.25, 0.3) is 0 Å². The molecular weight excluding hydrogens is 160 g/mol. The average Bonchev–Trinajstić information content (AvgIpc) is 2.48. The molecule has 0 atom stereocenters. The lowest BCUT2D eigenvalue weighted by molar-refractivity contribution is 0.624. The third kappa shape index (κ3) is 3.62. The number of rotatable bonds is 5. The van der Waals surface area contributed by atoms with Gasteiger partial charge >= 0.3 is 0 Å². The Morgan fingerprint density at radius 1 is 1.46 bits per heavy atom. The molecule has 13 heavy (non-hydrogen) atoms. The summed E-state index contributed by atoms with van der Waals surface area (Å²) in [5.74, 6) is 1.83. The Balaban J connectivity index is 2.44. The van der Waals surface area contributed by atoms with Crippen molar-refractivity contribution in [3.8, 4) is 0 Å². The van der Waals surface area contributed by atoms with Crippen LogP contribution in [0.4, 0.5) is 0 Å². The molecule has 74 valence electrons. The smallest absolute Gasteiger partial charge is 0.106 e. The molecule has 0 unspecified atom stereocenters. The van der Waals surface area contributed by atoms with Crippen molar-refractivity contribution in [2.75, 3.05) is 0 Å². The number of aromatic amines is 1. The van der Waals surface area contributed by atoms with Crippen LogP contribution < -0.4 is 0 Å². The van der Waals surface area contributed by atoms with E-state index in [9.17, 15) is 0 Å². The molecule has 1 N–H and O–H groups in total. The van der Waals surface area contributed by atoms with Crippen molar-refractivity contribution >= 4 is 0 Å². The number of aromatic nitrogens is 2. The van der Waals surface area contributed by atoms with E-state index in [-0.39, 0.29) is 0 Å². The highest BCUT2D eigenvalue weighted by Gasteiger charge is 2.02. The van der Waals surface area contributed by atoms with Crippen molar-refractivity contribution < 1.29 is 0 Å². The summed E-state index contributed by atoms with van der Waals surface area (Å²) >= 11 is 0. The van der Waals surface area contributed by atoms with Crippen LogP contribution in [0, 0.1) is 5.92 Å². The molecule has 1 aromatic rings. The Bertz CT molecular complexity index is 238. The lowest BCUT2D eigenvalue weighted by Gasteiger charge is -1.99. The van der Waals surface area contributed by atoms with Crippen LogP contribution in [0.5, 0.6) is 0 Å². The molecule has 2 nitrogen and oxygen atoms in total. The minimum absolute atomic E-state index is 0.685. The highest BCUT2D eigenvalue weighted by molar-refractivity contribution is 5.01. The molecule has 1 rings (SSSR count). The van der Waals surface area contributed by atoms with E-state index in [0.29, 0.717) is 5.92 Å². The second kappa shape index (κ2) is 5.05. The van der Waals surface area contributed by atoms with E-state index in [0.717, 1.165) is 18.7 Å². The predicted octanol–water partition coefficient (Wildman–Crippen LogP) is 2.95. The second-order valence-electron chi connectivity index (χ2n) is 4.06. The van der Waals surface area contributed by atoms with Gasteiger partial charge in [0.1, 0.15) is 5.82 Å². The Hall–Kier alpha value is -0.790. The van der Waals surface area contributed by atoms with Gasteiger partial charge in [-0.15, -0.1) is 0 Å². The van der Waals surface area contributed by atoms with E-state index in [4.69, 9.17) is 0 Å². The SMILES string of the molecule is CCCCc1cnc(CC(C)C)[nH]1. The monoisotopic (exact) mass is 180 g/mol. The van der Waals surface area contributed by atoms with Crippen LogP contribution in [-0.2, 0) is 12.8 Å². The molecule has 0 aliphatic rings. The summed E-state index contributed by atoms with van der Waals surface area (Å²) in [4.78, 5) is 7.72. The fraction of sp³-hybridized carbons (Fsp3) is 0.727. The van der Waals surface area contributed by atoms with E-state index in [1.807, 2.05) is 6.20 Å². The van der Waals surface area contributed by atoms with E-state index in [1.165, 1.54) is 18.5 Å². The van der Waals surface area contributed by atoms with Gasteiger partial charge in [0.05, 0.1) is 0 Å². The van der Waals surface area contributed by atoms with E-state index >= 15 is 0 Å². The van der Waals surface area contributed by atoms with E-state index in [2.05, 4.69) is 30.7 Å². The van der Waals surface area contributed by atoms with Crippen LogP contribution in [0.15, 0.2) is 6.20 Å². The van der Waals surface area contributed by atoms with Gasteiger partial charge in [-0.25, -0.2) is 4.98 Å². The number of unbranched alkanes of at least 4 members (excludes halogenated alkanes) is 1. The van der Waals surface area contributed by atoms with Crippen LogP contribution in [-0.4, -0.2) is 9.97 Å². The summed E-state index contributed by atoms with van der Waals surface area (Å²) in [5.41, 5.74) is 1.29. The molecule has 0 saturated heterocycles. The maximum atomic E-state index is 4.35. The second-order valence-corrected chi connectivity index (χ2v) is 4.06. The summed E-state index contributed by atoms with van der Waals surface area (Å²) < 4.78 is 0. The highest BCUT2D eigenvalue weighted by Crippen LogP contribution is 2.06. The van der Waals surface area contributed by atoms with Gasteiger partial charge in [-0.1, -0.05) is 27.2 Å². The summed E-state index contributed by atoms with van der Waals surface area (Å²) in [6.07, 6.45) is 6.68. The van der Waals surface area contributed by atoms with Crippen LogP contribution >= 0.6 is 0 Å². The molecule has 2 heteroatoms. The maximum absolute atomic E-state index is 4.35. The highest BCUT2D eigenvalue weighted by atomic mass is 14.9. The van der Waals surface area contributed by atoms with Crippen molar-refractivity contribution in [2.24, 2.45) is 5.92 Å². The number of aryl methyl sites for hydroxylation is 1. The fourth-order valence-corrected chi connectivity index (χ4v) is 1.39. The molecule has 1 aromatic heterocycles.